The fraction of sp³-hybridized carbons (Fsp3) is 0.286. The highest BCUT2D eigenvalue weighted by Gasteiger charge is 1.86. The quantitative estimate of drug-likeness (QED) is 0.631. The van der Waals surface area contributed by atoms with Crippen molar-refractivity contribution in [2.24, 2.45) is 0 Å². The second-order valence-corrected chi connectivity index (χ2v) is 2.96. The molecule has 0 aliphatic heterocycles. The molecule has 56 valence electrons. The van der Waals surface area contributed by atoms with Crippen LogP contribution in [0.15, 0.2) is 22.6 Å². The number of amides is 1. The average Bonchev–Trinajstić information content (AvgIpc) is 1.85. The van der Waals surface area contributed by atoms with Gasteiger partial charge in [-0.2, -0.15) is 0 Å². The zero-order valence-electron chi connectivity index (χ0n) is 6.18. The van der Waals surface area contributed by atoms with Crippen LogP contribution in [0.3, 0.4) is 0 Å². The number of hydrogen-bond acceptors (Lipinski definition) is 2. The summed E-state index contributed by atoms with van der Waals surface area (Å²) >= 11 is 1.41. The molecular formula is C7H11NOS. The summed E-state index contributed by atoms with van der Waals surface area (Å²) in [5.41, 5.74) is 1.19. The molecule has 0 bridgehead atoms. The van der Waals surface area contributed by atoms with Gasteiger partial charge in [-0.15, -0.1) is 0 Å². The van der Waals surface area contributed by atoms with Crippen LogP contribution in [-0.2, 0) is 4.79 Å². The summed E-state index contributed by atoms with van der Waals surface area (Å²) < 4.78 is 0. The summed E-state index contributed by atoms with van der Waals surface area (Å²) in [5, 5.41) is 5.02. The van der Waals surface area contributed by atoms with Crippen molar-refractivity contribution in [3.63, 3.8) is 0 Å². The SMILES string of the molecule is C=C(NC=O)SC=C(C)C. The summed E-state index contributed by atoms with van der Waals surface area (Å²) in [4.78, 5) is 9.85. The number of thioether (sulfide) groups is 1. The smallest absolute Gasteiger partial charge is 0.211 e. The van der Waals surface area contributed by atoms with Crippen molar-refractivity contribution in [1.82, 2.24) is 5.32 Å². The summed E-state index contributed by atoms with van der Waals surface area (Å²) in [7, 11) is 0. The number of allylic oxidation sites excluding steroid dienone is 1. The predicted octanol–water partition coefficient (Wildman–Crippen LogP) is 1.86. The van der Waals surface area contributed by atoms with Crippen LogP contribution in [0, 0.1) is 0 Å². The summed E-state index contributed by atoms with van der Waals surface area (Å²) in [6.45, 7) is 7.57. The third-order valence-corrected chi connectivity index (χ3v) is 1.65. The lowest BCUT2D eigenvalue weighted by Crippen LogP contribution is -2.04. The van der Waals surface area contributed by atoms with Crippen LogP contribution in [0.5, 0.6) is 0 Å². The van der Waals surface area contributed by atoms with E-state index in [0.29, 0.717) is 11.4 Å². The van der Waals surface area contributed by atoms with E-state index < -0.39 is 0 Å². The molecule has 0 spiro atoms. The first-order valence-corrected chi connectivity index (χ1v) is 3.74. The van der Waals surface area contributed by atoms with E-state index >= 15 is 0 Å². The van der Waals surface area contributed by atoms with Gasteiger partial charge in [0.1, 0.15) is 0 Å². The Labute approximate surface area is 65.4 Å². The topological polar surface area (TPSA) is 29.1 Å². The molecule has 3 heteroatoms. The van der Waals surface area contributed by atoms with Crippen molar-refractivity contribution in [2.75, 3.05) is 0 Å². The van der Waals surface area contributed by atoms with Crippen molar-refractivity contribution >= 4 is 18.2 Å². The van der Waals surface area contributed by atoms with Crippen molar-refractivity contribution in [2.45, 2.75) is 13.8 Å². The largest absolute Gasteiger partial charge is 0.324 e. The summed E-state index contributed by atoms with van der Waals surface area (Å²) in [5.74, 6) is 0. The van der Waals surface area contributed by atoms with Gasteiger partial charge in [0.15, 0.2) is 0 Å². The number of carbonyl (C=O) groups excluding carboxylic acids is 1. The maximum atomic E-state index is 9.85. The number of hydrogen-bond donors (Lipinski definition) is 1. The average molecular weight is 157 g/mol. The second kappa shape index (κ2) is 5.11. The van der Waals surface area contributed by atoms with Gasteiger partial charge in [0.2, 0.25) is 6.41 Å². The maximum absolute atomic E-state index is 9.85. The zero-order valence-corrected chi connectivity index (χ0v) is 6.99. The summed E-state index contributed by atoms with van der Waals surface area (Å²) in [6, 6.07) is 0. The monoisotopic (exact) mass is 157 g/mol. The van der Waals surface area contributed by atoms with E-state index in [1.54, 1.807) is 0 Å². The van der Waals surface area contributed by atoms with Crippen LogP contribution < -0.4 is 5.32 Å². The normalized spacial score (nSPS) is 8.20. The highest BCUT2D eigenvalue weighted by molar-refractivity contribution is 8.05. The lowest BCUT2D eigenvalue weighted by molar-refractivity contribution is -0.108. The second-order valence-electron chi connectivity index (χ2n) is 2.00. The van der Waals surface area contributed by atoms with E-state index in [1.807, 2.05) is 19.3 Å². The minimum Gasteiger partial charge on any atom is -0.324 e. The summed E-state index contributed by atoms with van der Waals surface area (Å²) in [6.07, 6.45) is 0.619. The molecule has 0 atom stereocenters. The third kappa shape index (κ3) is 5.44. The van der Waals surface area contributed by atoms with E-state index in [2.05, 4.69) is 11.9 Å². The van der Waals surface area contributed by atoms with Crippen molar-refractivity contribution in [3.8, 4) is 0 Å². The van der Waals surface area contributed by atoms with Gasteiger partial charge in [-0.05, 0) is 19.3 Å². The third-order valence-electron chi connectivity index (χ3n) is 0.657. The Kier molecular flexibility index (Phi) is 4.76. The molecule has 2 nitrogen and oxygen atoms in total. The fourth-order valence-corrected chi connectivity index (χ4v) is 0.783. The first kappa shape index (κ1) is 9.30. The molecule has 0 saturated heterocycles. The van der Waals surface area contributed by atoms with Crippen molar-refractivity contribution in [1.29, 1.82) is 0 Å². The van der Waals surface area contributed by atoms with Crippen LogP contribution >= 0.6 is 11.8 Å². The number of nitrogens with one attached hydrogen (secondary N) is 1. The maximum Gasteiger partial charge on any atom is 0.211 e. The highest BCUT2D eigenvalue weighted by Crippen LogP contribution is 2.12. The molecule has 0 aromatic heterocycles. The van der Waals surface area contributed by atoms with E-state index in [-0.39, 0.29) is 0 Å². The van der Waals surface area contributed by atoms with E-state index in [1.165, 1.54) is 17.3 Å². The number of rotatable bonds is 4. The van der Waals surface area contributed by atoms with E-state index in [0.717, 1.165) is 0 Å². The van der Waals surface area contributed by atoms with Crippen LogP contribution in [0.2, 0.25) is 0 Å². The van der Waals surface area contributed by atoms with Crippen LogP contribution in [0.4, 0.5) is 0 Å². The molecule has 0 radical (unpaired) electrons. The fourth-order valence-electron chi connectivity index (χ4n) is 0.289. The lowest BCUT2D eigenvalue weighted by Gasteiger charge is -1.96. The van der Waals surface area contributed by atoms with Crippen LogP contribution in [0.1, 0.15) is 13.8 Å². The molecule has 0 heterocycles. The minimum atomic E-state index is 0.619. The van der Waals surface area contributed by atoms with E-state index in [4.69, 9.17) is 0 Å². The molecule has 10 heavy (non-hydrogen) atoms. The van der Waals surface area contributed by atoms with Gasteiger partial charge < -0.3 is 5.32 Å². The Morgan fingerprint density at radius 2 is 2.20 bits per heavy atom. The predicted molar refractivity (Wildman–Crippen MR) is 45.4 cm³/mol. The molecule has 0 aromatic rings. The van der Waals surface area contributed by atoms with Gasteiger partial charge in [-0.25, -0.2) is 0 Å². The molecule has 0 rings (SSSR count). The molecule has 0 aliphatic carbocycles. The van der Waals surface area contributed by atoms with Gasteiger partial charge in [0, 0.05) is 0 Å². The standard InChI is InChI=1S/C7H11NOS/c1-6(2)4-10-7(3)8-5-9/h4-5H,3H2,1-2H3,(H,8,9). The van der Waals surface area contributed by atoms with Crippen LogP contribution in [0.25, 0.3) is 0 Å². The molecule has 0 aliphatic rings. The van der Waals surface area contributed by atoms with E-state index in [9.17, 15) is 4.79 Å². The Bertz CT molecular complexity index is 159. The molecule has 0 unspecified atom stereocenters. The molecule has 0 saturated carbocycles. The van der Waals surface area contributed by atoms with Gasteiger partial charge in [-0.3, -0.25) is 4.79 Å². The first-order valence-electron chi connectivity index (χ1n) is 2.86. The zero-order chi connectivity index (χ0) is 7.98. The van der Waals surface area contributed by atoms with Gasteiger partial charge in [-0.1, -0.05) is 23.9 Å². The Hall–Kier alpha value is -0.700. The van der Waals surface area contributed by atoms with Gasteiger partial charge >= 0.3 is 0 Å². The van der Waals surface area contributed by atoms with Crippen molar-refractivity contribution in [3.05, 3.63) is 22.6 Å². The van der Waals surface area contributed by atoms with Gasteiger partial charge in [0.25, 0.3) is 0 Å². The lowest BCUT2D eigenvalue weighted by atomic mass is 10.4. The van der Waals surface area contributed by atoms with Crippen LogP contribution in [-0.4, -0.2) is 6.41 Å². The molecular weight excluding hydrogens is 146 g/mol. The molecule has 0 fully saturated rings. The minimum absolute atomic E-state index is 0.619. The molecule has 1 N–H and O–H groups in total. The highest BCUT2D eigenvalue weighted by atomic mass is 32.2. The molecule has 1 amide bonds. The van der Waals surface area contributed by atoms with Gasteiger partial charge in [0.05, 0.1) is 5.03 Å². The Morgan fingerprint density at radius 3 is 2.60 bits per heavy atom. The molecule has 0 aromatic carbocycles. The Morgan fingerprint density at radius 1 is 1.60 bits per heavy atom. The first-order chi connectivity index (χ1) is 4.66. The number of carbonyl (C=O) groups is 1. The Balaban J connectivity index is 3.59. The van der Waals surface area contributed by atoms with Crippen molar-refractivity contribution < 1.29 is 4.79 Å².